The monoisotopic (exact) mass is 873 g/mol. The maximum Gasteiger partial charge on any atom is 0.319 e. The molecule has 0 aliphatic rings. The van der Waals surface area contributed by atoms with Crippen molar-refractivity contribution in [1.82, 2.24) is 10.1 Å². The molecule has 0 bridgehead atoms. The Morgan fingerprint density at radius 3 is 0.650 bits per heavy atom. The summed E-state index contributed by atoms with van der Waals surface area (Å²) in [7, 11) is -2.58. The lowest BCUT2D eigenvalue weighted by molar-refractivity contribution is -0.168. The Balaban J connectivity index is 4.46. The minimum Gasteiger partial charge on any atom is -0.308 e. The van der Waals surface area contributed by atoms with Crippen LogP contribution < -0.4 is 0 Å². The summed E-state index contributed by atoms with van der Waals surface area (Å²) in [6, 6.07) is 0. The summed E-state index contributed by atoms with van der Waals surface area (Å²) in [4.78, 5) is 12.4. The highest BCUT2D eigenvalue weighted by Crippen LogP contribution is 2.23. The van der Waals surface area contributed by atoms with Gasteiger partial charge in [-0.2, -0.15) is 10.1 Å². The lowest BCUT2D eigenvalue weighted by atomic mass is 10.1. The van der Waals surface area contributed by atoms with Gasteiger partial charge in [0.05, 0.1) is 26.4 Å². The highest BCUT2D eigenvalue weighted by molar-refractivity contribution is 7.33. The van der Waals surface area contributed by atoms with E-state index in [0.29, 0.717) is 13.2 Å². The van der Waals surface area contributed by atoms with E-state index in [4.69, 9.17) is 18.7 Å². The molecule has 0 aromatic heterocycles. The molecule has 0 spiro atoms. The van der Waals surface area contributed by atoms with Gasteiger partial charge in [-0.3, -0.25) is 14.2 Å². The van der Waals surface area contributed by atoms with Crippen molar-refractivity contribution in [2.45, 2.75) is 285 Å². The smallest absolute Gasteiger partial charge is 0.308 e. The van der Waals surface area contributed by atoms with Gasteiger partial charge in [0.15, 0.2) is 0 Å². The third kappa shape index (κ3) is 49.0. The van der Waals surface area contributed by atoms with E-state index in [9.17, 15) is 4.57 Å². The van der Waals surface area contributed by atoms with Crippen LogP contribution in [0.2, 0.25) is 0 Å². The molecule has 0 N–H and O–H groups in total. The van der Waals surface area contributed by atoms with E-state index < -0.39 is 8.25 Å². The van der Waals surface area contributed by atoms with Gasteiger partial charge < -0.3 is 9.05 Å². The van der Waals surface area contributed by atoms with Crippen molar-refractivity contribution in [2.24, 2.45) is 0 Å². The molecule has 362 valence electrons. The summed E-state index contributed by atoms with van der Waals surface area (Å²) in [6.45, 7) is 14.4. The normalized spacial score (nSPS) is 12.0. The number of hydrogen-bond acceptors (Lipinski definition) is 7. The first kappa shape index (κ1) is 60.0. The standard InChI is InChI=1S/C52H109N2O5P/c1-5-9-13-17-21-25-29-33-37-41-45-53(46-42-38-34-30-26-22-18-14-10-6-2)56-49-51-58-60(55)59-52-50-57-54(47-43-39-35-31-27-23-19-15-11-7-3)48-44-40-36-32-28-24-20-16-12-8-4/h60H,5-52H2,1-4H3. The van der Waals surface area contributed by atoms with Crippen LogP contribution >= 0.6 is 8.25 Å². The summed E-state index contributed by atoms with van der Waals surface area (Å²) in [5, 5.41) is 4.31. The van der Waals surface area contributed by atoms with Crippen molar-refractivity contribution >= 4 is 8.25 Å². The topological polar surface area (TPSA) is 60.5 Å². The minimum atomic E-state index is -2.58. The molecule has 0 atom stereocenters. The third-order valence-electron chi connectivity index (χ3n) is 12.2. The number of nitrogens with zero attached hydrogens (tertiary/aromatic N) is 2. The molecule has 0 aliphatic carbocycles. The summed E-state index contributed by atoms with van der Waals surface area (Å²) < 4.78 is 23.8. The second kappa shape index (κ2) is 53.3. The van der Waals surface area contributed by atoms with Gasteiger partial charge in [0.2, 0.25) is 0 Å². The van der Waals surface area contributed by atoms with Gasteiger partial charge >= 0.3 is 8.25 Å². The fourth-order valence-electron chi connectivity index (χ4n) is 8.21. The first-order chi connectivity index (χ1) is 29.7. The van der Waals surface area contributed by atoms with Crippen molar-refractivity contribution in [3.8, 4) is 0 Å². The average Bonchev–Trinajstić information content (AvgIpc) is 3.25. The molecule has 0 heterocycles. The third-order valence-corrected chi connectivity index (χ3v) is 13.1. The summed E-state index contributed by atoms with van der Waals surface area (Å²) in [5.41, 5.74) is 0. The maximum absolute atomic E-state index is 12.6. The van der Waals surface area contributed by atoms with Crippen LogP contribution in [0.15, 0.2) is 0 Å². The second-order valence-corrected chi connectivity index (χ2v) is 19.3. The van der Waals surface area contributed by atoms with Crippen LogP contribution in [0.4, 0.5) is 0 Å². The average molecular weight is 873 g/mol. The Bertz CT molecular complexity index is 698. The van der Waals surface area contributed by atoms with Gasteiger partial charge in [-0.1, -0.05) is 259 Å². The fraction of sp³-hybridized carbons (Fsp3) is 1.00. The summed E-state index contributed by atoms with van der Waals surface area (Å²) in [5.74, 6) is 0. The quantitative estimate of drug-likeness (QED) is 0.0343. The van der Waals surface area contributed by atoms with Crippen LogP contribution in [-0.2, 0) is 23.3 Å². The van der Waals surface area contributed by atoms with Crippen molar-refractivity contribution < 1.29 is 23.3 Å². The Morgan fingerprint density at radius 2 is 0.450 bits per heavy atom. The molecule has 60 heavy (non-hydrogen) atoms. The summed E-state index contributed by atoms with van der Waals surface area (Å²) in [6.07, 6.45) is 53.6. The molecule has 0 rings (SSSR count). The van der Waals surface area contributed by atoms with Crippen LogP contribution in [0.3, 0.4) is 0 Å². The van der Waals surface area contributed by atoms with E-state index in [1.165, 1.54) is 257 Å². The molecule has 0 amide bonds. The zero-order valence-corrected chi connectivity index (χ0v) is 42.4. The van der Waals surface area contributed by atoms with Crippen molar-refractivity contribution in [1.29, 1.82) is 0 Å². The van der Waals surface area contributed by atoms with E-state index in [0.717, 1.165) is 26.2 Å². The Kier molecular flexibility index (Phi) is 53.3. The minimum absolute atomic E-state index is 0.287. The second-order valence-electron chi connectivity index (χ2n) is 18.2. The number of rotatable bonds is 54. The van der Waals surface area contributed by atoms with Crippen LogP contribution in [-0.4, -0.2) is 62.7 Å². The van der Waals surface area contributed by atoms with Gasteiger partial charge in [0.1, 0.15) is 0 Å². The predicted octanol–water partition coefficient (Wildman–Crippen LogP) is 17.6. The van der Waals surface area contributed by atoms with Gasteiger partial charge in [-0.15, -0.1) is 0 Å². The number of unbranched alkanes of at least 4 members (excludes halogenated alkanes) is 36. The molecule has 0 radical (unpaired) electrons. The Labute approximate surface area is 377 Å². The Morgan fingerprint density at radius 1 is 0.267 bits per heavy atom. The van der Waals surface area contributed by atoms with Crippen LogP contribution in [0.1, 0.15) is 285 Å². The molecular formula is C52H109N2O5P. The zero-order chi connectivity index (χ0) is 43.5. The molecule has 0 aliphatic heterocycles. The molecule has 8 heteroatoms. The molecule has 0 saturated carbocycles. The molecular weight excluding hydrogens is 764 g/mol. The number of hydrogen-bond donors (Lipinski definition) is 0. The largest absolute Gasteiger partial charge is 0.319 e. The lowest BCUT2D eigenvalue weighted by Gasteiger charge is -2.22. The molecule has 0 fully saturated rings. The zero-order valence-electron chi connectivity index (χ0n) is 41.4. The molecule has 0 saturated heterocycles. The van der Waals surface area contributed by atoms with Crippen LogP contribution in [0, 0.1) is 0 Å². The molecule has 0 aromatic rings. The highest BCUT2D eigenvalue weighted by atomic mass is 31.1. The van der Waals surface area contributed by atoms with E-state index in [2.05, 4.69) is 37.8 Å². The molecule has 7 nitrogen and oxygen atoms in total. The van der Waals surface area contributed by atoms with E-state index in [1.807, 2.05) is 0 Å². The predicted molar refractivity (Wildman–Crippen MR) is 263 cm³/mol. The highest BCUT2D eigenvalue weighted by Gasteiger charge is 2.09. The molecule has 0 unspecified atom stereocenters. The van der Waals surface area contributed by atoms with Gasteiger partial charge in [0.25, 0.3) is 0 Å². The van der Waals surface area contributed by atoms with Crippen LogP contribution in [0.25, 0.3) is 0 Å². The van der Waals surface area contributed by atoms with E-state index in [1.54, 1.807) is 0 Å². The van der Waals surface area contributed by atoms with Gasteiger partial charge in [-0.25, -0.2) is 0 Å². The lowest BCUT2D eigenvalue weighted by Crippen LogP contribution is -2.28. The molecule has 0 aromatic carbocycles. The van der Waals surface area contributed by atoms with E-state index in [-0.39, 0.29) is 13.2 Å². The Hall–Kier alpha value is -0.0100. The van der Waals surface area contributed by atoms with Crippen molar-refractivity contribution in [3.05, 3.63) is 0 Å². The van der Waals surface area contributed by atoms with Gasteiger partial charge in [0, 0.05) is 26.2 Å². The van der Waals surface area contributed by atoms with Crippen LogP contribution in [0.5, 0.6) is 0 Å². The number of hydroxylamine groups is 4. The van der Waals surface area contributed by atoms with Gasteiger partial charge in [-0.05, 0) is 25.7 Å². The maximum atomic E-state index is 12.6. The SMILES string of the molecule is CCCCCCCCCCCCN(CCCCCCCCCCCC)OCCO[PH](=O)OCCON(CCCCCCCCCCCC)CCCCCCCCCCCC. The fourth-order valence-corrected chi connectivity index (χ4v) is 8.79. The first-order valence-corrected chi connectivity index (χ1v) is 28.5. The summed E-state index contributed by atoms with van der Waals surface area (Å²) >= 11 is 0. The van der Waals surface area contributed by atoms with Crippen molar-refractivity contribution in [2.75, 3.05) is 52.6 Å². The first-order valence-electron chi connectivity index (χ1n) is 27.2. The van der Waals surface area contributed by atoms with E-state index >= 15 is 0 Å². The van der Waals surface area contributed by atoms with Crippen molar-refractivity contribution in [3.63, 3.8) is 0 Å².